The highest BCUT2D eigenvalue weighted by molar-refractivity contribution is 4.84. The van der Waals surface area contributed by atoms with Crippen LogP contribution < -0.4 is 5.32 Å². The van der Waals surface area contributed by atoms with Gasteiger partial charge in [0.1, 0.15) is 0 Å². The van der Waals surface area contributed by atoms with Crippen molar-refractivity contribution in [2.45, 2.75) is 38.3 Å². The highest BCUT2D eigenvalue weighted by Crippen LogP contribution is 2.29. The summed E-state index contributed by atoms with van der Waals surface area (Å²) < 4.78 is 4.96. The zero-order chi connectivity index (χ0) is 13.5. The molecule has 0 aromatic carbocycles. The summed E-state index contributed by atoms with van der Waals surface area (Å²) in [6.07, 6.45) is 3.51. The van der Waals surface area contributed by atoms with Gasteiger partial charge in [0, 0.05) is 26.2 Å². The molecule has 4 unspecified atom stereocenters. The monoisotopic (exact) mass is 258 g/mol. The Bertz CT molecular complexity index is 226. The second kappa shape index (κ2) is 8.10. The summed E-state index contributed by atoms with van der Waals surface area (Å²) in [6, 6.07) is 0.628. The molecule has 0 saturated heterocycles. The lowest BCUT2D eigenvalue weighted by Crippen LogP contribution is -2.45. The average Bonchev–Trinajstić information content (AvgIpc) is 2.29. The van der Waals surface area contributed by atoms with Crippen LogP contribution in [0, 0.1) is 11.8 Å². The van der Waals surface area contributed by atoms with Gasteiger partial charge in [-0.3, -0.25) is 0 Å². The number of aliphatic hydroxyl groups is 1. The third-order valence-electron chi connectivity index (χ3n) is 4.04. The van der Waals surface area contributed by atoms with E-state index >= 15 is 0 Å². The molecule has 1 fully saturated rings. The molecule has 1 aliphatic carbocycles. The van der Waals surface area contributed by atoms with Crippen LogP contribution in [-0.2, 0) is 4.74 Å². The Kier molecular flexibility index (Phi) is 7.15. The molecule has 0 spiro atoms. The molecule has 0 aromatic rings. The summed E-state index contributed by atoms with van der Waals surface area (Å²) in [5.74, 6) is 1.52. The van der Waals surface area contributed by atoms with Crippen molar-refractivity contribution in [1.82, 2.24) is 10.2 Å². The van der Waals surface area contributed by atoms with Crippen molar-refractivity contribution in [2.75, 3.05) is 40.9 Å². The number of nitrogens with zero attached hydrogens (tertiary/aromatic N) is 1. The number of likely N-dealkylation sites (N-methyl/N-ethyl adjacent to an activating group) is 1. The molecular weight excluding hydrogens is 228 g/mol. The highest BCUT2D eigenvalue weighted by atomic mass is 16.5. The van der Waals surface area contributed by atoms with Gasteiger partial charge in [0.2, 0.25) is 0 Å². The Hall–Kier alpha value is -0.160. The van der Waals surface area contributed by atoms with E-state index in [1.165, 1.54) is 19.3 Å². The van der Waals surface area contributed by atoms with Gasteiger partial charge in [-0.05, 0) is 45.2 Å². The number of rotatable bonds is 7. The summed E-state index contributed by atoms with van der Waals surface area (Å²) in [7, 11) is 5.78. The molecule has 0 aromatic heterocycles. The number of hydrogen-bond acceptors (Lipinski definition) is 4. The van der Waals surface area contributed by atoms with Crippen molar-refractivity contribution in [3.8, 4) is 0 Å². The van der Waals surface area contributed by atoms with Gasteiger partial charge in [0.05, 0.1) is 12.7 Å². The Morgan fingerprint density at radius 3 is 2.78 bits per heavy atom. The quantitative estimate of drug-likeness (QED) is 0.714. The maximum atomic E-state index is 9.74. The Morgan fingerprint density at radius 1 is 1.44 bits per heavy atom. The SMILES string of the molecule is CNC1CCC(C)CC1CN(C)CC(O)COC. The summed E-state index contributed by atoms with van der Waals surface area (Å²) in [6.45, 7) is 4.51. The fraction of sp³-hybridized carbons (Fsp3) is 1.00. The second-order valence-corrected chi connectivity index (χ2v) is 5.90. The van der Waals surface area contributed by atoms with Gasteiger partial charge in [0.15, 0.2) is 0 Å². The van der Waals surface area contributed by atoms with Crippen molar-refractivity contribution in [3.63, 3.8) is 0 Å². The van der Waals surface area contributed by atoms with E-state index in [9.17, 15) is 5.11 Å². The van der Waals surface area contributed by atoms with Crippen LogP contribution in [0.25, 0.3) is 0 Å². The van der Waals surface area contributed by atoms with E-state index < -0.39 is 0 Å². The molecule has 4 atom stereocenters. The zero-order valence-electron chi connectivity index (χ0n) is 12.4. The number of methoxy groups -OCH3 is 1. The first-order valence-electron chi connectivity index (χ1n) is 7.09. The zero-order valence-corrected chi connectivity index (χ0v) is 12.4. The van der Waals surface area contributed by atoms with Crippen LogP contribution in [0.3, 0.4) is 0 Å². The van der Waals surface area contributed by atoms with Crippen LogP contribution in [0.2, 0.25) is 0 Å². The van der Waals surface area contributed by atoms with Crippen LogP contribution in [0.5, 0.6) is 0 Å². The van der Waals surface area contributed by atoms with Crippen molar-refractivity contribution >= 4 is 0 Å². The normalized spacial score (nSPS) is 30.7. The van der Waals surface area contributed by atoms with E-state index in [-0.39, 0.29) is 6.10 Å². The standard InChI is InChI=1S/C14H30N2O2/c1-11-5-6-14(15-2)12(7-11)8-16(3)9-13(17)10-18-4/h11-15,17H,5-10H2,1-4H3. The molecule has 0 heterocycles. The van der Waals surface area contributed by atoms with Gasteiger partial charge < -0.3 is 20.1 Å². The maximum absolute atomic E-state index is 9.74. The predicted octanol–water partition coefficient (Wildman–Crippen LogP) is 0.950. The summed E-state index contributed by atoms with van der Waals surface area (Å²) in [5.41, 5.74) is 0. The van der Waals surface area contributed by atoms with Crippen molar-refractivity contribution in [3.05, 3.63) is 0 Å². The van der Waals surface area contributed by atoms with E-state index in [2.05, 4.69) is 31.2 Å². The molecule has 0 radical (unpaired) electrons. The molecule has 2 N–H and O–H groups in total. The van der Waals surface area contributed by atoms with E-state index in [0.717, 1.165) is 12.5 Å². The fourth-order valence-electron chi connectivity index (χ4n) is 3.16. The number of ether oxygens (including phenoxy) is 1. The molecule has 1 rings (SSSR count). The molecule has 4 nitrogen and oxygen atoms in total. The summed E-state index contributed by atoms with van der Waals surface area (Å²) >= 11 is 0. The van der Waals surface area contributed by atoms with E-state index in [1.54, 1.807) is 7.11 Å². The third-order valence-corrected chi connectivity index (χ3v) is 4.04. The van der Waals surface area contributed by atoms with E-state index in [4.69, 9.17) is 4.74 Å². The van der Waals surface area contributed by atoms with E-state index in [1.807, 2.05) is 0 Å². The first-order valence-corrected chi connectivity index (χ1v) is 7.09. The summed E-state index contributed by atoms with van der Waals surface area (Å²) in [4.78, 5) is 2.23. The first-order chi connectivity index (χ1) is 8.56. The predicted molar refractivity (Wildman–Crippen MR) is 74.7 cm³/mol. The molecule has 4 heteroatoms. The first kappa shape index (κ1) is 15.9. The Balaban J connectivity index is 2.38. The smallest absolute Gasteiger partial charge is 0.0899 e. The number of nitrogens with one attached hydrogen (secondary N) is 1. The third kappa shape index (κ3) is 5.22. The van der Waals surface area contributed by atoms with Crippen LogP contribution in [-0.4, -0.2) is 63.1 Å². The van der Waals surface area contributed by atoms with Gasteiger partial charge in [-0.15, -0.1) is 0 Å². The van der Waals surface area contributed by atoms with Crippen molar-refractivity contribution in [1.29, 1.82) is 0 Å². The van der Waals surface area contributed by atoms with Gasteiger partial charge in [-0.25, -0.2) is 0 Å². The average molecular weight is 258 g/mol. The topological polar surface area (TPSA) is 44.7 Å². The molecular formula is C14H30N2O2. The summed E-state index contributed by atoms with van der Waals surface area (Å²) in [5, 5.41) is 13.2. The minimum absolute atomic E-state index is 0.381. The number of hydrogen-bond donors (Lipinski definition) is 2. The molecule has 1 aliphatic rings. The highest BCUT2D eigenvalue weighted by Gasteiger charge is 2.28. The Morgan fingerprint density at radius 2 is 2.17 bits per heavy atom. The second-order valence-electron chi connectivity index (χ2n) is 5.90. The van der Waals surface area contributed by atoms with Crippen LogP contribution in [0.4, 0.5) is 0 Å². The van der Waals surface area contributed by atoms with Crippen LogP contribution >= 0.6 is 0 Å². The minimum atomic E-state index is -0.381. The van der Waals surface area contributed by atoms with Crippen molar-refractivity contribution < 1.29 is 9.84 Å². The molecule has 0 amide bonds. The van der Waals surface area contributed by atoms with Crippen molar-refractivity contribution in [2.24, 2.45) is 11.8 Å². The molecule has 1 saturated carbocycles. The lowest BCUT2D eigenvalue weighted by atomic mass is 9.78. The maximum Gasteiger partial charge on any atom is 0.0899 e. The number of aliphatic hydroxyl groups excluding tert-OH is 1. The molecule has 0 bridgehead atoms. The lowest BCUT2D eigenvalue weighted by Gasteiger charge is -2.37. The minimum Gasteiger partial charge on any atom is -0.389 e. The lowest BCUT2D eigenvalue weighted by molar-refractivity contribution is 0.0363. The van der Waals surface area contributed by atoms with Gasteiger partial charge >= 0.3 is 0 Å². The molecule has 108 valence electrons. The molecule has 0 aliphatic heterocycles. The van der Waals surface area contributed by atoms with Gasteiger partial charge in [-0.1, -0.05) is 6.92 Å². The van der Waals surface area contributed by atoms with Crippen LogP contribution in [0.15, 0.2) is 0 Å². The Labute approximate surface area is 112 Å². The molecule has 18 heavy (non-hydrogen) atoms. The van der Waals surface area contributed by atoms with Crippen LogP contribution in [0.1, 0.15) is 26.2 Å². The van der Waals surface area contributed by atoms with Gasteiger partial charge in [-0.2, -0.15) is 0 Å². The largest absolute Gasteiger partial charge is 0.389 e. The van der Waals surface area contributed by atoms with E-state index in [0.29, 0.717) is 25.1 Å². The van der Waals surface area contributed by atoms with Gasteiger partial charge in [0.25, 0.3) is 0 Å². The fourth-order valence-corrected chi connectivity index (χ4v) is 3.16.